The molecule has 2 aromatic carbocycles. The van der Waals surface area contributed by atoms with Crippen LogP contribution in [0.4, 0.5) is 11.6 Å². The second-order valence-corrected chi connectivity index (χ2v) is 6.43. The average Bonchev–Trinajstić information content (AvgIpc) is 2.66. The van der Waals surface area contributed by atoms with Crippen molar-refractivity contribution in [3.63, 3.8) is 0 Å². The highest BCUT2D eigenvalue weighted by Crippen LogP contribution is 2.14. The summed E-state index contributed by atoms with van der Waals surface area (Å²) < 4.78 is 0. The van der Waals surface area contributed by atoms with Gasteiger partial charge in [0, 0.05) is 34.7 Å². The Bertz CT molecular complexity index is 866. The fourth-order valence-corrected chi connectivity index (χ4v) is 2.49. The van der Waals surface area contributed by atoms with E-state index >= 15 is 0 Å². The summed E-state index contributed by atoms with van der Waals surface area (Å²) in [6.07, 6.45) is 3.80. The molecule has 3 rings (SSSR count). The Kier molecular flexibility index (Phi) is 6.04. The number of rotatable bonds is 6. The van der Waals surface area contributed by atoms with Crippen molar-refractivity contribution in [1.82, 2.24) is 9.97 Å². The first-order valence-electron chi connectivity index (χ1n) is 7.97. The van der Waals surface area contributed by atoms with Crippen LogP contribution in [-0.4, -0.2) is 22.4 Å². The maximum absolute atomic E-state index is 12.2. The van der Waals surface area contributed by atoms with E-state index in [9.17, 15) is 4.79 Å². The van der Waals surface area contributed by atoms with Crippen LogP contribution in [0.5, 0.6) is 0 Å². The maximum atomic E-state index is 12.2. The van der Waals surface area contributed by atoms with E-state index in [1.807, 2.05) is 24.3 Å². The highest BCUT2D eigenvalue weighted by molar-refractivity contribution is 6.30. The van der Waals surface area contributed by atoms with Gasteiger partial charge < -0.3 is 10.6 Å². The molecule has 0 bridgehead atoms. The molecule has 0 atom stereocenters. The first-order chi connectivity index (χ1) is 12.6. The molecule has 0 radical (unpaired) electrons. The van der Waals surface area contributed by atoms with Crippen molar-refractivity contribution < 1.29 is 4.79 Å². The predicted molar refractivity (Wildman–Crippen MR) is 105 cm³/mol. The van der Waals surface area contributed by atoms with Crippen molar-refractivity contribution in [2.75, 3.05) is 17.2 Å². The lowest BCUT2D eigenvalue weighted by atomic mass is 10.1. The number of carbonyl (C=O) groups excluding carboxylic acids is 1. The molecule has 0 aliphatic carbocycles. The standard InChI is InChI=1S/C19H16Cl2N4O/c20-15-3-1-13(2-4-15)9-10-22-19-23-11-14(12-24-19)18(26)25-17-7-5-16(21)6-8-17/h1-8,11-12H,9-10H2,(H,25,26)(H,22,23,24). The van der Waals surface area contributed by atoms with Gasteiger partial charge in [-0.3, -0.25) is 4.79 Å². The maximum Gasteiger partial charge on any atom is 0.258 e. The molecule has 5 nitrogen and oxygen atoms in total. The molecule has 0 aliphatic heterocycles. The van der Waals surface area contributed by atoms with Gasteiger partial charge >= 0.3 is 0 Å². The fourth-order valence-electron chi connectivity index (χ4n) is 2.24. The average molecular weight is 387 g/mol. The first-order valence-corrected chi connectivity index (χ1v) is 8.73. The van der Waals surface area contributed by atoms with Crippen molar-refractivity contribution in [2.24, 2.45) is 0 Å². The number of amides is 1. The molecule has 0 saturated heterocycles. The van der Waals surface area contributed by atoms with E-state index in [0.717, 1.165) is 11.4 Å². The van der Waals surface area contributed by atoms with Crippen LogP contribution >= 0.6 is 23.2 Å². The van der Waals surface area contributed by atoms with Gasteiger partial charge in [0.25, 0.3) is 5.91 Å². The number of hydrogen-bond donors (Lipinski definition) is 2. The Morgan fingerprint density at radius 3 is 2.08 bits per heavy atom. The fraction of sp³-hybridized carbons (Fsp3) is 0.105. The summed E-state index contributed by atoms with van der Waals surface area (Å²) in [7, 11) is 0. The number of benzene rings is 2. The van der Waals surface area contributed by atoms with Crippen LogP contribution in [0.1, 0.15) is 15.9 Å². The lowest BCUT2D eigenvalue weighted by Crippen LogP contribution is -2.14. The van der Waals surface area contributed by atoms with Crippen molar-refractivity contribution >= 4 is 40.7 Å². The molecule has 132 valence electrons. The number of carbonyl (C=O) groups is 1. The minimum atomic E-state index is -0.278. The Balaban J connectivity index is 1.51. The van der Waals surface area contributed by atoms with E-state index in [0.29, 0.717) is 28.8 Å². The van der Waals surface area contributed by atoms with Gasteiger partial charge in [-0.1, -0.05) is 35.3 Å². The first kappa shape index (κ1) is 18.2. The van der Waals surface area contributed by atoms with Gasteiger partial charge in [0.2, 0.25) is 5.95 Å². The number of anilines is 2. The van der Waals surface area contributed by atoms with Crippen molar-refractivity contribution in [2.45, 2.75) is 6.42 Å². The summed E-state index contributed by atoms with van der Waals surface area (Å²) in [6, 6.07) is 14.6. The lowest BCUT2D eigenvalue weighted by molar-refractivity contribution is 0.102. The molecular weight excluding hydrogens is 371 g/mol. The lowest BCUT2D eigenvalue weighted by Gasteiger charge is -2.07. The molecule has 0 spiro atoms. The van der Waals surface area contributed by atoms with Crippen LogP contribution in [0.25, 0.3) is 0 Å². The van der Waals surface area contributed by atoms with Gasteiger partial charge in [-0.2, -0.15) is 0 Å². The van der Waals surface area contributed by atoms with Crippen LogP contribution in [0.3, 0.4) is 0 Å². The molecule has 0 aliphatic rings. The summed E-state index contributed by atoms with van der Waals surface area (Å²) >= 11 is 11.7. The molecule has 1 amide bonds. The second-order valence-electron chi connectivity index (χ2n) is 5.56. The van der Waals surface area contributed by atoms with Gasteiger partial charge in [-0.15, -0.1) is 0 Å². The molecule has 1 aromatic heterocycles. The number of hydrogen-bond acceptors (Lipinski definition) is 4. The number of aromatic nitrogens is 2. The Morgan fingerprint density at radius 2 is 1.46 bits per heavy atom. The van der Waals surface area contributed by atoms with E-state index in [-0.39, 0.29) is 5.91 Å². The van der Waals surface area contributed by atoms with E-state index in [2.05, 4.69) is 20.6 Å². The number of halogens is 2. The Hall–Kier alpha value is -2.63. The quantitative estimate of drug-likeness (QED) is 0.644. The number of nitrogens with one attached hydrogen (secondary N) is 2. The van der Waals surface area contributed by atoms with Gasteiger partial charge in [0.1, 0.15) is 0 Å². The molecule has 1 heterocycles. The van der Waals surface area contributed by atoms with Gasteiger partial charge in [-0.25, -0.2) is 9.97 Å². The molecular formula is C19H16Cl2N4O. The van der Waals surface area contributed by atoms with Crippen molar-refractivity contribution in [3.05, 3.63) is 82.1 Å². The van der Waals surface area contributed by atoms with Crippen LogP contribution in [0.15, 0.2) is 60.9 Å². The summed E-state index contributed by atoms with van der Waals surface area (Å²) in [5, 5.41) is 7.22. The SMILES string of the molecule is O=C(Nc1ccc(Cl)cc1)c1cnc(NCCc2ccc(Cl)cc2)nc1. The molecule has 26 heavy (non-hydrogen) atoms. The second kappa shape index (κ2) is 8.65. The van der Waals surface area contributed by atoms with Crippen LogP contribution in [-0.2, 0) is 6.42 Å². The predicted octanol–water partition coefficient (Wildman–Crippen LogP) is 4.69. The van der Waals surface area contributed by atoms with Crippen molar-refractivity contribution in [3.8, 4) is 0 Å². The zero-order valence-corrected chi connectivity index (χ0v) is 15.3. The van der Waals surface area contributed by atoms with Crippen LogP contribution in [0.2, 0.25) is 10.0 Å². The smallest absolute Gasteiger partial charge is 0.258 e. The van der Waals surface area contributed by atoms with E-state index in [4.69, 9.17) is 23.2 Å². The number of nitrogens with zero attached hydrogens (tertiary/aromatic N) is 2. The zero-order chi connectivity index (χ0) is 18.4. The van der Waals surface area contributed by atoms with Crippen LogP contribution < -0.4 is 10.6 Å². The third-order valence-corrected chi connectivity index (χ3v) is 4.13. The normalized spacial score (nSPS) is 10.4. The highest BCUT2D eigenvalue weighted by atomic mass is 35.5. The van der Waals surface area contributed by atoms with Gasteiger partial charge in [0.05, 0.1) is 5.56 Å². The van der Waals surface area contributed by atoms with E-state index in [1.165, 1.54) is 18.0 Å². The molecule has 7 heteroatoms. The largest absolute Gasteiger partial charge is 0.354 e. The summed E-state index contributed by atoms with van der Waals surface area (Å²) in [4.78, 5) is 20.5. The monoisotopic (exact) mass is 386 g/mol. The third kappa shape index (κ3) is 5.18. The summed E-state index contributed by atoms with van der Waals surface area (Å²) in [5.74, 6) is 0.196. The van der Waals surface area contributed by atoms with Gasteiger partial charge in [-0.05, 0) is 48.4 Å². The topological polar surface area (TPSA) is 66.9 Å². The molecule has 2 N–H and O–H groups in total. The molecule has 0 saturated carbocycles. The molecule has 0 unspecified atom stereocenters. The Morgan fingerprint density at radius 1 is 0.885 bits per heavy atom. The van der Waals surface area contributed by atoms with Crippen molar-refractivity contribution in [1.29, 1.82) is 0 Å². The van der Waals surface area contributed by atoms with Gasteiger partial charge in [0.15, 0.2) is 0 Å². The minimum absolute atomic E-state index is 0.278. The van der Waals surface area contributed by atoms with E-state index < -0.39 is 0 Å². The summed E-state index contributed by atoms with van der Waals surface area (Å²) in [6.45, 7) is 0.679. The Labute approximate surface area is 161 Å². The molecule has 3 aromatic rings. The minimum Gasteiger partial charge on any atom is -0.354 e. The third-order valence-electron chi connectivity index (χ3n) is 3.63. The zero-order valence-electron chi connectivity index (χ0n) is 13.7. The van der Waals surface area contributed by atoms with E-state index in [1.54, 1.807) is 24.3 Å². The van der Waals surface area contributed by atoms with Crippen LogP contribution in [0, 0.1) is 0 Å². The summed E-state index contributed by atoms with van der Waals surface area (Å²) in [5.41, 5.74) is 2.20. The molecule has 0 fully saturated rings. The highest BCUT2D eigenvalue weighted by Gasteiger charge is 2.07.